The van der Waals surface area contributed by atoms with Crippen LogP contribution in [-0.2, 0) is 84.4 Å². The number of likely N-dealkylation sites (N-methyl/N-ethyl adjacent to an activating group) is 1. The maximum Gasteiger partial charge on any atom is 0.410 e. The van der Waals surface area contributed by atoms with Gasteiger partial charge in [0.2, 0.25) is 5.91 Å². The smallest absolute Gasteiger partial charge is 0.410 e. The van der Waals surface area contributed by atoms with Gasteiger partial charge in [-0.15, -0.1) is 0 Å². The van der Waals surface area contributed by atoms with Crippen molar-refractivity contribution in [3.8, 4) is 23.3 Å². The number of rotatable bonds is 36. The third-order valence-corrected chi connectivity index (χ3v) is 24.0. The summed E-state index contributed by atoms with van der Waals surface area (Å²) >= 11 is 5.53. The number of para-hydroxylation sites is 1. The molecule has 0 bridgehead atoms. The molecule has 10 aromatic rings. The number of amides is 2. The van der Waals surface area contributed by atoms with Gasteiger partial charge in [-0.1, -0.05) is 261 Å². The van der Waals surface area contributed by atoms with E-state index in [4.69, 9.17) is 60.0 Å². The van der Waals surface area contributed by atoms with Crippen LogP contribution >= 0.6 is 12.2 Å². The molecule has 0 atom stereocenters. The highest BCUT2D eigenvalue weighted by molar-refractivity contribution is 7.80. The molecule has 0 unspecified atom stereocenters. The van der Waals surface area contributed by atoms with E-state index in [9.17, 15) is 9.59 Å². The maximum atomic E-state index is 12.4. The molecule has 2 aliphatic heterocycles. The molecule has 0 radical (unpaired) electrons. The van der Waals surface area contributed by atoms with Gasteiger partial charge in [0, 0.05) is 155 Å². The SMILES string of the molecule is CC(C)c1ccc(CNCCO)cc1.CC(C)c1ccc(OCCN(C)C(=O)OC(C)(C)C)cc1.CC(C)c1cnc(OCCN2CCOCC2)nc1.CCn1cc(C(C)(C)C)cn1.CCn1cnc(C(C)(C)C)c1.COCCN(Cc1ccccc1C(C)C)C(=S)NC(=O)Cc1ccccc1.COCCNc1ccccc1C(C)C.COc1cc(C(C)C)ccc1OCCN1CCOCC1.Cn1cc(C(C)(C)C)cn1. The van der Waals surface area contributed by atoms with Gasteiger partial charge in [0.1, 0.15) is 31.2 Å². The van der Waals surface area contributed by atoms with Crippen molar-refractivity contribution in [1.29, 1.82) is 0 Å². The van der Waals surface area contributed by atoms with Crippen molar-refractivity contribution in [2.24, 2.45) is 7.05 Å². The third-order valence-electron chi connectivity index (χ3n) is 23.6. The van der Waals surface area contributed by atoms with Crippen LogP contribution in [0.2, 0.25) is 0 Å². The first kappa shape index (κ1) is 128. The molecule has 12 rings (SSSR count). The highest BCUT2D eigenvalue weighted by Crippen LogP contribution is 2.32. The summed E-state index contributed by atoms with van der Waals surface area (Å²) in [6, 6.07) is 49.7. The molecular weight excluding hydrogens is 1850 g/mol. The van der Waals surface area contributed by atoms with Gasteiger partial charge in [-0.3, -0.25) is 24.0 Å². The molecule has 0 spiro atoms. The van der Waals surface area contributed by atoms with E-state index in [-0.39, 0.29) is 34.9 Å². The normalized spacial score (nSPS) is 12.6. The zero-order valence-corrected chi connectivity index (χ0v) is 95.6. The Bertz CT molecular complexity index is 5090. The van der Waals surface area contributed by atoms with E-state index in [1.807, 2.05) is 128 Å². The van der Waals surface area contributed by atoms with E-state index in [1.54, 1.807) is 28.4 Å². The minimum absolute atomic E-state index is 0.106. The molecule has 6 heterocycles. The Kier molecular flexibility index (Phi) is 60.1. The number of aromatic nitrogens is 8. The fourth-order valence-corrected chi connectivity index (χ4v) is 14.4. The number of ether oxygens (including phenoxy) is 9. The first-order valence-electron chi connectivity index (χ1n) is 52.2. The van der Waals surface area contributed by atoms with Crippen molar-refractivity contribution in [3.63, 3.8) is 0 Å². The number of aliphatic hydroxyl groups excluding tert-OH is 1. The first-order chi connectivity index (χ1) is 69.2. The number of carbonyl (C=O) groups excluding carboxylic acids is 2. The van der Waals surface area contributed by atoms with Gasteiger partial charge in [-0.05, 0) is 185 Å². The van der Waals surface area contributed by atoms with Crippen LogP contribution in [0.5, 0.6) is 23.3 Å². The lowest BCUT2D eigenvalue weighted by atomic mass is 9.90. The molecule has 2 saturated heterocycles. The summed E-state index contributed by atoms with van der Waals surface area (Å²) in [5, 5.41) is 26.7. The summed E-state index contributed by atoms with van der Waals surface area (Å²) in [5.41, 5.74) is 16.3. The Morgan fingerprint density at radius 3 is 1.51 bits per heavy atom. The Balaban J connectivity index is 0.000000348. The van der Waals surface area contributed by atoms with E-state index in [2.05, 4.69) is 324 Å². The minimum atomic E-state index is -0.473. The Labute approximate surface area is 884 Å². The summed E-state index contributed by atoms with van der Waals surface area (Å²) in [5.74, 6) is 5.38. The fourth-order valence-electron chi connectivity index (χ4n) is 14.1. The number of hydrogen-bond donors (Lipinski definition) is 4. The van der Waals surface area contributed by atoms with E-state index in [1.165, 1.54) is 66.4 Å². The Hall–Kier alpha value is -10.7. The van der Waals surface area contributed by atoms with E-state index >= 15 is 0 Å². The van der Waals surface area contributed by atoms with Crippen LogP contribution in [0.25, 0.3) is 0 Å². The highest BCUT2D eigenvalue weighted by Gasteiger charge is 2.24. The molecule has 6 aromatic carbocycles. The molecule has 27 nitrogen and oxygen atoms in total. The molecule has 2 amide bonds. The second-order valence-corrected chi connectivity index (χ2v) is 42.6. The number of morpholine rings is 2. The number of anilines is 1. The van der Waals surface area contributed by atoms with Gasteiger partial charge in [-0.25, -0.2) is 19.7 Å². The zero-order valence-electron chi connectivity index (χ0n) is 94.8. The predicted molar refractivity (Wildman–Crippen MR) is 603 cm³/mol. The average Bonchev–Trinajstić information content (AvgIpc) is 1.47. The van der Waals surface area contributed by atoms with Gasteiger partial charge < -0.3 is 78.1 Å². The lowest BCUT2D eigenvalue weighted by molar-refractivity contribution is -0.119. The van der Waals surface area contributed by atoms with E-state index in [0.717, 1.165) is 127 Å². The largest absolute Gasteiger partial charge is 0.493 e. The number of aryl methyl sites for hydroxylation is 3. The summed E-state index contributed by atoms with van der Waals surface area (Å²) in [4.78, 5) is 45.1. The van der Waals surface area contributed by atoms with Crippen LogP contribution in [0.4, 0.5) is 10.5 Å². The lowest BCUT2D eigenvalue weighted by Crippen LogP contribution is -2.44. The van der Waals surface area contributed by atoms with Crippen LogP contribution in [0.15, 0.2) is 195 Å². The van der Waals surface area contributed by atoms with E-state index in [0.29, 0.717) is 106 Å². The lowest BCUT2D eigenvalue weighted by Gasteiger charge is -2.27. The molecular formula is C118H185N15O12S. The summed E-state index contributed by atoms with van der Waals surface area (Å²) < 4.78 is 54.5. The number of imidazole rings is 1. The van der Waals surface area contributed by atoms with Crippen molar-refractivity contribution in [3.05, 3.63) is 262 Å². The number of benzene rings is 6. The van der Waals surface area contributed by atoms with Gasteiger partial charge in [0.05, 0.1) is 90.7 Å². The number of nitrogens with zero attached hydrogens (tertiary/aromatic N) is 12. The van der Waals surface area contributed by atoms with Crippen LogP contribution in [0, 0.1) is 0 Å². The standard InChI is InChI=1S/C22H28N2O2S.C17H27NO3.C16H25NO3.C13H21N3O2.2C12H19NO.2C9H16N2.C8H14N2/c1-17(2)20-12-8-7-11-19(20)16-24(13-14-26-3)22(27)23-21(25)15-18-9-5-4-6-10-18;1-13(2)14-7-9-15(10-8-14)20-12-11-18(6)16(19)21-17(3,4)5;1-13(2)14-4-5-15(16(12-14)18-3)20-11-8-17-6-9-19-10-7-17;1-11(2)12-9-14-13(15-10-12)18-8-5-16-3-6-17-7-4-16;1-10(2)11-6-4-5-7-12(11)13-8-9-14-3;1-10(2)12-5-3-11(4-6-12)9-13-7-8-14;1-5-11-6-8(10-7-11)9(2,3)4;1-5-11-7-8(6-10-11)9(2,3)4;1-8(2,3)7-5-9-10(4)6-7/h4-12,17H,13-16H2,1-3H3,(H,23,25,27);7-10,13H,11-12H2,1-6H3;4-5,12-13H,6-11H2,1-3H3;9-11H,3-8H2,1-2H3;4-7,10,13H,8-9H2,1-3H3;3-6,10,13-14H,7-9H2,1-2H3;2*6-7H,5H2,1-4H3;5-6H,1-4H3. The number of nitrogens with one attached hydrogen (secondary N) is 3. The van der Waals surface area contributed by atoms with Crippen molar-refractivity contribution >= 4 is 35.0 Å². The minimum Gasteiger partial charge on any atom is -0.493 e. The maximum absolute atomic E-state index is 12.4. The average molecular weight is 2040 g/mol. The second kappa shape index (κ2) is 68.8. The third kappa shape index (κ3) is 52.8. The van der Waals surface area contributed by atoms with Crippen LogP contribution in [-0.4, -0.2) is 246 Å². The second-order valence-electron chi connectivity index (χ2n) is 42.2. The van der Waals surface area contributed by atoms with Gasteiger partial charge in [0.15, 0.2) is 16.6 Å². The number of carbonyl (C=O) groups is 2. The van der Waals surface area contributed by atoms with Gasteiger partial charge in [0.25, 0.3) is 0 Å². The molecule has 0 saturated carbocycles. The zero-order chi connectivity index (χ0) is 108. The molecule has 0 aliphatic carbocycles. The molecule has 146 heavy (non-hydrogen) atoms. The molecule has 2 aliphatic rings. The van der Waals surface area contributed by atoms with Gasteiger partial charge in [-0.2, -0.15) is 10.2 Å². The quantitative estimate of drug-likeness (QED) is 0.0210. The number of aliphatic hydroxyl groups is 1. The van der Waals surface area contributed by atoms with Crippen molar-refractivity contribution in [2.45, 2.75) is 270 Å². The number of hydrogen-bond acceptors (Lipinski definition) is 22. The molecule has 4 aromatic heterocycles. The Morgan fingerprint density at radius 2 is 1.04 bits per heavy atom. The van der Waals surface area contributed by atoms with Gasteiger partial charge >= 0.3 is 12.1 Å². The predicted octanol–water partition coefficient (Wildman–Crippen LogP) is 22.7. The van der Waals surface area contributed by atoms with Crippen molar-refractivity contribution in [1.82, 2.24) is 69.3 Å². The summed E-state index contributed by atoms with van der Waals surface area (Å²) in [6.45, 7) is 73.9. The number of thiocarbonyl (C=S) groups is 1. The summed E-state index contributed by atoms with van der Waals surface area (Å²) in [6.07, 6.45) is 15.7. The number of methoxy groups -OCH3 is 3. The van der Waals surface area contributed by atoms with E-state index < -0.39 is 5.60 Å². The van der Waals surface area contributed by atoms with Crippen LogP contribution in [0.1, 0.15) is 282 Å². The van der Waals surface area contributed by atoms with Crippen molar-refractivity contribution in [2.75, 3.05) is 165 Å². The van der Waals surface area contributed by atoms with Crippen LogP contribution in [0.3, 0.4) is 0 Å². The fraction of sp³-hybridized carbons (Fsp3) is 0.559. The summed E-state index contributed by atoms with van der Waals surface area (Å²) in [7, 11) is 8.72. The highest BCUT2D eigenvalue weighted by atomic mass is 32.1. The van der Waals surface area contributed by atoms with Crippen LogP contribution < -0.4 is 34.9 Å². The molecule has 4 N–H and O–H groups in total. The molecule has 810 valence electrons. The first-order valence-corrected chi connectivity index (χ1v) is 52.6. The molecule has 2 fully saturated rings. The topological polar surface area (TPSA) is 266 Å². The van der Waals surface area contributed by atoms with Crippen molar-refractivity contribution < 1.29 is 57.3 Å². The Morgan fingerprint density at radius 1 is 0.514 bits per heavy atom. The molecule has 28 heteroatoms. The monoisotopic (exact) mass is 2040 g/mol.